The molecule has 0 saturated heterocycles. The topological polar surface area (TPSA) is 72.4 Å². The van der Waals surface area contributed by atoms with Gasteiger partial charge < -0.3 is 4.74 Å². The van der Waals surface area contributed by atoms with Gasteiger partial charge in [0.15, 0.2) is 5.82 Å². The largest absolute Gasteiger partial charge is 0.497 e. The molecule has 4 rings (SSSR count). The lowest BCUT2D eigenvalue weighted by Gasteiger charge is -2.27. The van der Waals surface area contributed by atoms with Crippen LogP contribution in [0.25, 0.3) is 11.4 Å². The monoisotopic (exact) mass is 381 g/mol. The average Bonchev–Trinajstić information content (AvgIpc) is 2.73. The smallest absolute Gasteiger partial charge is 0.243 e. The van der Waals surface area contributed by atoms with E-state index in [1.165, 1.54) is 4.31 Å². The molecule has 27 heavy (non-hydrogen) atoms. The summed E-state index contributed by atoms with van der Waals surface area (Å²) in [6.45, 7) is 0.693. The van der Waals surface area contributed by atoms with E-state index in [0.717, 1.165) is 22.6 Å². The third kappa shape index (κ3) is 3.43. The molecule has 3 aromatic rings. The molecule has 138 valence electrons. The van der Waals surface area contributed by atoms with Crippen molar-refractivity contribution in [2.45, 2.75) is 17.9 Å². The zero-order valence-corrected chi connectivity index (χ0v) is 15.7. The zero-order valence-electron chi connectivity index (χ0n) is 14.9. The molecular formula is C20H19N3O3S. The third-order valence-electron chi connectivity index (χ3n) is 4.63. The van der Waals surface area contributed by atoms with Crippen LogP contribution in [0, 0.1) is 0 Å². The van der Waals surface area contributed by atoms with Gasteiger partial charge in [-0.2, -0.15) is 4.31 Å². The minimum atomic E-state index is -3.51. The number of ether oxygens (including phenoxy) is 1. The first-order valence-corrected chi connectivity index (χ1v) is 10.1. The van der Waals surface area contributed by atoms with Gasteiger partial charge in [0.2, 0.25) is 10.0 Å². The lowest BCUT2D eigenvalue weighted by Crippen LogP contribution is -2.36. The summed E-state index contributed by atoms with van der Waals surface area (Å²) in [4.78, 5) is 9.40. The maximum atomic E-state index is 12.8. The normalized spacial score (nSPS) is 14.6. The van der Waals surface area contributed by atoms with Crippen molar-refractivity contribution in [2.24, 2.45) is 0 Å². The Balaban J connectivity index is 1.59. The summed E-state index contributed by atoms with van der Waals surface area (Å²) in [5.41, 5.74) is 2.64. The first kappa shape index (κ1) is 17.6. The van der Waals surface area contributed by atoms with Crippen molar-refractivity contribution in [3.8, 4) is 17.1 Å². The third-order valence-corrected chi connectivity index (χ3v) is 6.49. The minimum absolute atomic E-state index is 0.287. The van der Waals surface area contributed by atoms with E-state index in [-0.39, 0.29) is 6.54 Å². The van der Waals surface area contributed by atoms with Gasteiger partial charge in [-0.1, -0.05) is 18.2 Å². The number of rotatable bonds is 4. The Morgan fingerprint density at radius 3 is 2.48 bits per heavy atom. The van der Waals surface area contributed by atoms with Crippen molar-refractivity contribution >= 4 is 10.0 Å². The van der Waals surface area contributed by atoms with Gasteiger partial charge in [0, 0.05) is 36.8 Å². The second kappa shape index (κ2) is 7.09. The number of aromatic nitrogens is 2. The maximum absolute atomic E-state index is 12.8. The van der Waals surface area contributed by atoms with Crippen molar-refractivity contribution in [3.05, 3.63) is 72.1 Å². The van der Waals surface area contributed by atoms with E-state index in [9.17, 15) is 8.42 Å². The van der Waals surface area contributed by atoms with E-state index < -0.39 is 10.0 Å². The lowest BCUT2D eigenvalue weighted by molar-refractivity contribution is 0.387. The molecule has 0 unspecified atom stereocenters. The number of methoxy groups -OCH3 is 1. The fourth-order valence-electron chi connectivity index (χ4n) is 3.12. The van der Waals surface area contributed by atoms with Gasteiger partial charge in [-0.3, -0.25) is 0 Å². The first-order chi connectivity index (χ1) is 13.1. The number of benzene rings is 2. The molecule has 2 heterocycles. The molecule has 0 bridgehead atoms. The van der Waals surface area contributed by atoms with E-state index in [4.69, 9.17) is 4.74 Å². The van der Waals surface area contributed by atoms with Gasteiger partial charge in [0.25, 0.3) is 0 Å². The Morgan fingerprint density at radius 1 is 1.04 bits per heavy atom. The molecule has 0 atom stereocenters. The van der Waals surface area contributed by atoms with Crippen LogP contribution in [0.5, 0.6) is 5.75 Å². The molecule has 0 spiro atoms. The highest BCUT2D eigenvalue weighted by Crippen LogP contribution is 2.26. The fraction of sp³-hybridized carbons (Fsp3) is 0.200. The summed E-state index contributed by atoms with van der Waals surface area (Å²) >= 11 is 0. The first-order valence-electron chi connectivity index (χ1n) is 8.62. The summed E-state index contributed by atoms with van der Waals surface area (Å²) in [6, 6.07) is 16.1. The predicted octanol–water partition coefficient (Wildman–Crippen LogP) is 2.90. The van der Waals surface area contributed by atoms with E-state index >= 15 is 0 Å². The van der Waals surface area contributed by atoms with Crippen LogP contribution < -0.4 is 4.74 Å². The number of hydrogen-bond acceptors (Lipinski definition) is 5. The van der Waals surface area contributed by atoms with E-state index in [1.54, 1.807) is 43.6 Å². The van der Waals surface area contributed by atoms with E-state index in [0.29, 0.717) is 23.7 Å². The summed E-state index contributed by atoms with van der Waals surface area (Å²) in [5.74, 6) is 1.41. The molecule has 7 heteroatoms. The summed E-state index contributed by atoms with van der Waals surface area (Å²) in [7, 11) is -1.89. The quantitative estimate of drug-likeness (QED) is 0.695. The Morgan fingerprint density at radius 2 is 1.78 bits per heavy atom. The van der Waals surface area contributed by atoms with Gasteiger partial charge in [-0.15, -0.1) is 0 Å². The molecule has 0 amide bonds. The van der Waals surface area contributed by atoms with Gasteiger partial charge in [0.1, 0.15) is 5.75 Å². The number of nitrogens with zero attached hydrogens (tertiary/aromatic N) is 3. The minimum Gasteiger partial charge on any atom is -0.497 e. The van der Waals surface area contributed by atoms with Crippen LogP contribution in [0.15, 0.2) is 65.7 Å². The van der Waals surface area contributed by atoms with Crippen LogP contribution >= 0.6 is 0 Å². The Kier molecular flexibility index (Phi) is 4.63. The van der Waals surface area contributed by atoms with Crippen LogP contribution in [-0.4, -0.2) is 36.3 Å². The zero-order chi connectivity index (χ0) is 18.9. The Labute approximate surface area is 158 Å². The molecule has 2 aromatic carbocycles. The second-order valence-corrected chi connectivity index (χ2v) is 8.23. The maximum Gasteiger partial charge on any atom is 0.243 e. The molecule has 1 aliphatic rings. The molecule has 1 aromatic heterocycles. The summed E-state index contributed by atoms with van der Waals surface area (Å²) in [5, 5.41) is 0. The molecular weight excluding hydrogens is 362 g/mol. The summed E-state index contributed by atoms with van der Waals surface area (Å²) in [6.07, 6.45) is 2.29. The molecule has 0 fully saturated rings. The number of hydrogen-bond donors (Lipinski definition) is 0. The van der Waals surface area contributed by atoms with Crippen LogP contribution in [-0.2, 0) is 23.0 Å². The fourth-order valence-corrected chi connectivity index (χ4v) is 4.56. The number of fused-ring (bicyclic) bond motifs is 1. The standard InChI is InChI=1S/C20H19N3O3S/c1-26-17-9-7-15(8-10-17)20-21-13-16-14-23(12-11-19(16)22-20)27(24,25)18-5-3-2-4-6-18/h2-10,13H,11-12,14H2,1H3. The highest BCUT2D eigenvalue weighted by Gasteiger charge is 2.29. The van der Waals surface area contributed by atoms with Crippen molar-refractivity contribution in [2.75, 3.05) is 13.7 Å². The highest BCUT2D eigenvalue weighted by molar-refractivity contribution is 7.89. The van der Waals surface area contributed by atoms with Crippen LogP contribution in [0.1, 0.15) is 11.3 Å². The van der Waals surface area contributed by atoms with Crippen LogP contribution in [0.4, 0.5) is 0 Å². The van der Waals surface area contributed by atoms with Gasteiger partial charge in [-0.25, -0.2) is 18.4 Å². The lowest BCUT2D eigenvalue weighted by atomic mass is 10.1. The van der Waals surface area contributed by atoms with Crippen molar-refractivity contribution < 1.29 is 13.2 Å². The Hall–Kier alpha value is -2.77. The van der Waals surface area contributed by atoms with E-state index in [1.807, 2.05) is 24.3 Å². The van der Waals surface area contributed by atoms with Crippen LogP contribution in [0.2, 0.25) is 0 Å². The van der Waals surface area contributed by atoms with Crippen molar-refractivity contribution in [1.82, 2.24) is 14.3 Å². The molecule has 0 saturated carbocycles. The van der Waals surface area contributed by atoms with Gasteiger partial charge in [0.05, 0.1) is 17.7 Å². The molecule has 1 aliphatic heterocycles. The average molecular weight is 381 g/mol. The molecule has 0 aliphatic carbocycles. The molecule has 6 nitrogen and oxygen atoms in total. The SMILES string of the molecule is COc1ccc(-c2ncc3c(n2)CCN(S(=O)(=O)c2ccccc2)C3)cc1. The summed E-state index contributed by atoms with van der Waals surface area (Å²) < 4.78 is 32.3. The highest BCUT2D eigenvalue weighted by atomic mass is 32.2. The molecule has 0 N–H and O–H groups in total. The van der Waals surface area contributed by atoms with E-state index in [2.05, 4.69) is 9.97 Å². The van der Waals surface area contributed by atoms with Gasteiger partial charge >= 0.3 is 0 Å². The Bertz CT molecular complexity index is 1050. The second-order valence-electron chi connectivity index (χ2n) is 6.30. The molecule has 0 radical (unpaired) electrons. The predicted molar refractivity (Wildman–Crippen MR) is 102 cm³/mol. The van der Waals surface area contributed by atoms with Gasteiger partial charge in [-0.05, 0) is 36.4 Å². The van der Waals surface area contributed by atoms with Crippen molar-refractivity contribution in [3.63, 3.8) is 0 Å². The number of sulfonamides is 1. The van der Waals surface area contributed by atoms with Crippen molar-refractivity contribution in [1.29, 1.82) is 0 Å². The van der Waals surface area contributed by atoms with Crippen LogP contribution in [0.3, 0.4) is 0 Å².